The Kier molecular flexibility index (Phi) is 4.59. The molecule has 0 saturated carbocycles. The van der Waals surface area contributed by atoms with Gasteiger partial charge in [-0.15, -0.1) is 0 Å². The van der Waals surface area contributed by atoms with E-state index in [-0.39, 0.29) is 0 Å². The highest BCUT2D eigenvalue weighted by Crippen LogP contribution is 2.22. The maximum absolute atomic E-state index is 5.96. The van der Waals surface area contributed by atoms with Crippen molar-refractivity contribution >= 4 is 39.9 Å². The van der Waals surface area contributed by atoms with Crippen LogP contribution in [0, 0.1) is 3.57 Å². The van der Waals surface area contributed by atoms with Crippen LogP contribution in [0.25, 0.3) is 0 Å². The van der Waals surface area contributed by atoms with E-state index in [1.165, 1.54) is 0 Å². The number of nitrogens with one attached hydrogen (secondary N) is 1. The zero-order valence-electron chi connectivity index (χ0n) is 7.35. The summed E-state index contributed by atoms with van der Waals surface area (Å²) in [6.07, 6.45) is 5.02. The van der Waals surface area contributed by atoms with Crippen LogP contribution in [0.2, 0.25) is 5.02 Å². The molecule has 0 bridgehead atoms. The molecule has 1 N–H and O–H groups in total. The molecule has 0 aliphatic heterocycles. The maximum atomic E-state index is 5.96. The molecule has 0 amide bonds. The van der Waals surface area contributed by atoms with Crippen molar-refractivity contribution in [3.63, 3.8) is 0 Å². The minimum atomic E-state index is 0.787. The van der Waals surface area contributed by atoms with Gasteiger partial charge in [0.1, 0.15) is 0 Å². The Morgan fingerprint density at radius 1 is 1.54 bits per heavy atom. The van der Waals surface area contributed by atoms with Gasteiger partial charge in [-0.3, -0.25) is 0 Å². The van der Waals surface area contributed by atoms with Gasteiger partial charge in [-0.25, -0.2) is 0 Å². The van der Waals surface area contributed by atoms with E-state index >= 15 is 0 Å². The average molecular weight is 308 g/mol. The highest BCUT2D eigenvalue weighted by atomic mass is 127. The molecule has 1 rings (SSSR count). The predicted molar refractivity (Wildman–Crippen MR) is 67.2 cm³/mol. The third-order valence-electron chi connectivity index (χ3n) is 1.52. The summed E-state index contributed by atoms with van der Waals surface area (Å²) in [5, 5.41) is 3.93. The number of allylic oxidation sites excluding steroid dienone is 1. The van der Waals surface area contributed by atoms with Gasteiger partial charge in [0.05, 0.1) is 5.02 Å². The van der Waals surface area contributed by atoms with Crippen molar-refractivity contribution in [2.24, 2.45) is 0 Å². The Balaban J connectivity index is 2.68. The van der Waals surface area contributed by atoms with Crippen molar-refractivity contribution in [2.45, 2.75) is 13.3 Å². The third-order valence-corrected chi connectivity index (χ3v) is 3.10. The lowest BCUT2D eigenvalue weighted by Crippen LogP contribution is -1.87. The van der Waals surface area contributed by atoms with E-state index in [0.29, 0.717) is 0 Å². The molecule has 0 fully saturated rings. The summed E-state index contributed by atoms with van der Waals surface area (Å²) in [7, 11) is 0. The Labute approximate surface area is 97.3 Å². The molecule has 0 aliphatic carbocycles. The summed E-state index contributed by atoms with van der Waals surface area (Å²) in [4.78, 5) is 0. The summed E-state index contributed by atoms with van der Waals surface area (Å²) in [6, 6.07) is 5.92. The second-order valence-corrected chi connectivity index (χ2v) is 4.15. The molecule has 1 aromatic rings. The fraction of sp³-hybridized carbons (Fsp3) is 0.200. The molecule has 13 heavy (non-hydrogen) atoms. The number of rotatable bonds is 3. The fourth-order valence-electron chi connectivity index (χ4n) is 0.859. The molecule has 3 heteroatoms. The van der Waals surface area contributed by atoms with E-state index in [0.717, 1.165) is 20.7 Å². The first kappa shape index (κ1) is 10.9. The lowest BCUT2D eigenvalue weighted by atomic mass is 10.3. The molecule has 1 aromatic carbocycles. The van der Waals surface area contributed by atoms with Crippen LogP contribution in [-0.2, 0) is 0 Å². The van der Waals surface area contributed by atoms with Crippen LogP contribution >= 0.6 is 34.2 Å². The first-order valence-electron chi connectivity index (χ1n) is 4.10. The highest BCUT2D eigenvalue weighted by Gasteiger charge is 1.96. The minimum Gasteiger partial charge on any atom is -0.362 e. The number of halogens is 2. The molecular weight excluding hydrogens is 296 g/mol. The Morgan fingerprint density at radius 2 is 2.31 bits per heavy atom. The van der Waals surface area contributed by atoms with E-state index in [4.69, 9.17) is 11.6 Å². The maximum Gasteiger partial charge on any atom is 0.0560 e. The highest BCUT2D eigenvalue weighted by molar-refractivity contribution is 14.1. The van der Waals surface area contributed by atoms with E-state index in [9.17, 15) is 0 Å². The monoisotopic (exact) mass is 307 g/mol. The fourth-order valence-corrected chi connectivity index (χ4v) is 1.37. The molecule has 1 nitrogen and oxygen atoms in total. The van der Waals surface area contributed by atoms with E-state index < -0.39 is 0 Å². The second-order valence-electron chi connectivity index (χ2n) is 2.58. The van der Waals surface area contributed by atoms with Gasteiger partial charge in [-0.05, 0) is 53.4 Å². The quantitative estimate of drug-likeness (QED) is 0.822. The number of hydrogen-bond donors (Lipinski definition) is 1. The smallest absolute Gasteiger partial charge is 0.0560 e. The molecule has 0 unspecified atom stereocenters. The van der Waals surface area contributed by atoms with Crippen LogP contribution in [0.15, 0.2) is 30.5 Å². The predicted octanol–water partition coefficient (Wildman–Crippen LogP) is 4.28. The normalized spacial score (nSPS) is 10.7. The van der Waals surface area contributed by atoms with Gasteiger partial charge < -0.3 is 5.32 Å². The van der Waals surface area contributed by atoms with Crippen LogP contribution in [0.4, 0.5) is 5.69 Å². The van der Waals surface area contributed by atoms with E-state index in [1.807, 2.05) is 24.4 Å². The lowest BCUT2D eigenvalue weighted by Gasteiger charge is -2.02. The largest absolute Gasteiger partial charge is 0.362 e. The van der Waals surface area contributed by atoms with Crippen LogP contribution in [-0.4, -0.2) is 0 Å². The third kappa shape index (κ3) is 3.56. The molecule has 0 aliphatic rings. The molecule has 0 heterocycles. The number of anilines is 1. The SMILES string of the molecule is CCC=CNc1ccc(I)c(Cl)c1. The van der Waals surface area contributed by atoms with Gasteiger partial charge in [0.15, 0.2) is 0 Å². The van der Waals surface area contributed by atoms with Crippen molar-refractivity contribution in [3.8, 4) is 0 Å². The van der Waals surface area contributed by atoms with Crippen molar-refractivity contribution < 1.29 is 0 Å². The van der Waals surface area contributed by atoms with Crippen molar-refractivity contribution in [1.29, 1.82) is 0 Å². The zero-order valence-corrected chi connectivity index (χ0v) is 10.3. The first-order valence-corrected chi connectivity index (χ1v) is 5.56. The summed E-state index contributed by atoms with van der Waals surface area (Å²) < 4.78 is 1.07. The molecule has 0 aromatic heterocycles. The molecule has 0 saturated heterocycles. The molecule has 0 atom stereocenters. The molecule has 0 radical (unpaired) electrons. The summed E-state index contributed by atoms with van der Waals surface area (Å²) in [5.41, 5.74) is 1.02. The van der Waals surface area contributed by atoms with E-state index in [2.05, 4.69) is 40.9 Å². The average Bonchev–Trinajstić information content (AvgIpc) is 2.12. The first-order chi connectivity index (χ1) is 6.24. The van der Waals surface area contributed by atoms with Crippen LogP contribution in [0.3, 0.4) is 0 Å². The van der Waals surface area contributed by atoms with Gasteiger partial charge in [0.2, 0.25) is 0 Å². The Morgan fingerprint density at radius 3 is 2.92 bits per heavy atom. The topological polar surface area (TPSA) is 12.0 Å². The second kappa shape index (κ2) is 5.50. The molecule has 0 spiro atoms. The van der Waals surface area contributed by atoms with Gasteiger partial charge >= 0.3 is 0 Å². The summed E-state index contributed by atoms with van der Waals surface area (Å²) in [6.45, 7) is 2.10. The standard InChI is InChI=1S/C10H11ClIN/c1-2-3-6-13-8-4-5-10(12)9(11)7-8/h3-7,13H,2H2,1H3. The van der Waals surface area contributed by atoms with Crippen LogP contribution in [0.1, 0.15) is 13.3 Å². The molecular formula is C10H11ClIN. The van der Waals surface area contributed by atoms with Gasteiger partial charge in [0.25, 0.3) is 0 Å². The number of hydrogen-bond acceptors (Lipinski definition) is 1. The van der Waals surface area contributed by atoms with Crippen molar-refractivity contribution in [1.82, 2.24) is 0 Å². The van der Waals surface area contributed by atoms with Crippen LogP contribution < -0.4 is 5.32 Å². The van der Waals surface area contributed by atoms with Gasteiger partial charge in [-0.2, -0.15) is 0 Å². The minimum absolute atomic E-state index is 0.787. The Hall–Kier alpha value is -0.220. The zero-order chi connectivity index (χ0) is 9.68. The lowest BCUT2D eigenvalue weighted by molar-refractivity contribution is 1.22. The van der Waals surface area contributed by atoms with Gasteiger partial charge in [-0.1, -0.05) is 24.6 Å². The van der Waals surface area contributed by atoms with Crippen molar-refractivity contribution in [3.05, 3.63) is 39.1 Å². The summed E-state index contributed by atoms with van der Waals surface area (Å²) >= 11 is 8.16. The van der Waals surface area contributed by atoms with Crippen LogP contribution in [0.5, 0.6) is 0 Å². The number of benzene rings is 1. The molecule has 70 valence electrons. The van der Waals surface area contributed by atoms with Crippen molar-refractivity contribution in [2.75, 3.05) is 5.32 Å². The van der Waals surface area contributed by atoms with Gasteiger partial charge in [0, 0.05) is 9.26 Å². The Bertz CT molecular complexity index is 310. The summed E-state index contributed by atoms with van der Waals surface area (Å²) in [5.74, 6) is 0. The van der Waals surface area contributed by atoms with E-state index in [1.54, 1.807) is 0 Å².